The molecule has 2 aromatic rings. The molecule has 1 fully saturated rings. The zero-order chi connectivity index (χ0) is 17.3. The van der Waals surface area contributed by atoms with E-state index in [9.17, 15) is 14.4 Å². The topological polar surface area (TPSA) is 66.5 Å². The molecule has 5 heteroatoms. The van der Waals surface area contributed by atoms with Gasteiger partial charge in [-0.2, -0.15) is 0 Å². The van der Waals surface area contributed by atoms with Gasteiger partial charge in [-0.1, -0.05) is 35.9 Å². The first-order valence-electron chi connectivity index (χ1n) is 7.74. The van der Waals surface area contributed by atoms with Crippen molar-refractivity contribution in [2.45, 2.75) is 13.8 Å². The van der Waals surface area contributed by atoms with Gasteiger partial charge in [0.2, 0.25) is 11.8 Å². The summed E-state index contributed by atoms with van der Waals surface area (Å²) in [6.07, 6.45) is 0. The minimum Gasteiger partial charge on any atom is -0.325 e. The third-order valence-electron chi connectivity index (χ3n) is 4.12. The fraction of sp³-hybridized carbons (Fsp3) is 0.211. The van der Waals surface area contributed by atoms with Crippen LogP contribution in [-0.2, 0) is 14.4 Å². The van der Waals surface area contributed by atoms with Gasteiger partial charge in [0.25, 0.3) is 0 Å². The lowest BCUT2D eigenvalue weighted by Gasteiger charge is -2.16. The number of nitrogens with one attached hydrogen (secondary N) is 1. The van der Waals surface area contributed by atoms with Gasteiger partial charge in [-0.25, -0.2) is 0 Å². The van der Waals surface area contributed by atoms with Crippen LogP contribution in [0.3, 0.4) is 0 Å². The van der Waals surface area contributed by atoms with E-state index in [0.717, 1.165) is 11.1 Å². The number of aryl methyl sites for hydroxylation is 2. The molecule has 0 saturated carbocycles. The number of carbonyl (C=O) groups is 3. The molecule has 1 heterocycles. The van der Waals surface area contributed by atoms with Crippen LogP contribution in [-0.4, -0.2) is 24.1 Å². The summed E-state index contributed by atoms with van der Waals surface area (Å²) in [6, 6.07) is 14.5. The van der Waals surface area contributed by atoms with Crippen molar-refractivity contribution in [3.8, 4) is 0 Å². The number of nitrogens with zero attached hydrogens (tertiary/aromatic N) is 1. The quantitative estimate of drug-likeness (QED) is 0.883. The molecule has 2 amide bonds. The molecule has 0 aromatic heterocycles. The van der Waals surface area contributed by atoms with Crippen molar-refractivity contribution >= 4 is 29.0 Å². The molecule has 1 N–H and O–H groups in total. The maximum absolute atomic E-state index is 12.5. The molecule has 1 unspecified atom stereocenters. The lowest BCUT2D eigenvalue weighted by molar-refractivity contribution is -0.134. The lowest BCUT2D eigenvalue weighted by atomic mass is 10.1. The van der Waals surface area contributed by atoms with Gasteiger partial charge in [-0.05, 0) is 37.6 Å². The number of ketones is 1. The van der Waals surface area contributed by atoms with Crippen LogP contribution < -0.4 is 10.2 Å². The molecular weight excluding hydrogens is 304 g/mol. The molecule has 3 rings (SSSR count). The summed E-state index contributed by atoms with van der Waals surface area (Å²) in [5.41, 5.74) is 3.21. The Labute approximate surface area is 140 Å². The molecule has 5 nitrogen and oxygen atoms in total. The molecule has 1 saturated heterocycles. The Balaban J connectivity index is 1.80. The average Bonchev–Trinajstić information content (AvgIpc) is 2.85. The van der Waals surface area contributed by atoms with Gasteiger partial charge in [0.1, 0.15) is 0 Å². The summed E-state index contributed by atoms with van der Waals surface area (Å²) in [5.74, 6) is -2.72. The smallest absolute Gasteiger partial charge is 0.247 e. The van der Waals surface area contributed by atoms with E-state index >= 15 is 0 Å². The van der Waals surface area contributed by atoms with E-state index in [2.05, 4.69) is 5.32 Å². The van der Waals surface area contributed by atoms with Gasteiger partial charge < -0.3 is 10.2 Å². The average molecular weight is 322 g/mol. The van der Waals surface area contributed by atoms with Gasteiger partial charge >= 0.3 is 0 Å². The monoisotopic (exact) mass is 322 g/mol. The predicted octanol–water partition coefficient (Wildman–Crippen LogP) is 2.47. The SMILES string of the molecule is Cc1ccc(NC(=O)C2C(=O)CN(c3ccccc3)C2=O)c(C)c1. The molecule has 0 spiro atoms. The van der Waals surface area contributed by atoms with E-state index in [1.165, 1.54) is 4.90 Å². The van der Waals surface area contributed by atoms with E-state index in [1.54, 1.807) is 30.3 Å². The van der Waals surface area contributed by atoms with Crippen molar-refractivity contribution in [1.29, 1.82) is 0 Å². The Morgan fingerprint density at radius 2 is 1.79 bits per heavy atom. The zero-order valence-corrected chi connectivity index (χ0v) is 13.6. The number of hydrogen-bond donors (Lipinski definition) is 1. The van der Waals surface area contributed by atoms with Crippen molar-refractivity contribution in [2.75, 3.05) is 16.8 Å². The first-order valence-corrected chi connectivity index (χ1v) is 7.74. The number of carbonyl (C=O) groups excluding carboxylic acids is 3. The van der Waals surface area contributed by atoms with E-state index in [1.807, 2.05) is 32.0 Å². The molecule has 1 aliphatic rings. The second-order valence-electron chi connectivity index (χ2n) is 5.97. The molecule has 2 aromatic carbocycles. The number of benzene rings is 2. The summed E-state index contributed by atoms with van der Waals surface area (Å²) in [6.45, 7) is 3.76. The van der Waals surface area contributed by atoms with Gasteiger partial charge in [-0.3, -0.25) is 14.4 Å². The minimum atomic E-state index is -1.29. The minimum absolute atomic E-state index is 0.0756. The molecular formula is C19H18N2O3. The van der Waals surface area contributed by atoms with Crippen LogP contribution in [0.15, 0.2) is 48.5 Å². The van der Waals surface area contributed by atoms with Crippen LogP contribution in [0.25, 0.3) is 0 Å². The maximum atomic E-state index is 12.5. The highest BCUT2D eigenvalue weighted by Crippen LogP contribution is 2.25. The number of hydrogen-bond acceptors (Lipinski definition) is 3. The summed E-state index contributed by atoms with van der Waals surface area (Å²) in [5, 5.41) is 2.70. The number of rotatable bonds is 3. The molecule has 1 atom stereocenters. The Morgan fingerprint density at radius 1 is 1.08 bits per heavy atom. The highest BCUT2D eigenvalue weighted by atomic mass is 16.2. The van der Waals surface area contributed by atoms with Crippen molar-refractivity contribution in [1.82, 2.24) is 0 Å². The van der Waals surface area contributed by atoms with Crippen LogP contribution in [0, 0.1) is 19.8 Å². The van der Waals surface area contributed by atoms with Gasteiger partial charge in [0, 0.05) is 11.4 Å². The second kappa shape index (κ2) is 6.28. The highest BCUT2D eigenvalue weighted by molar-refractivity contribution is 6.30. The van der Waals surface area contributed by atoms with Gasteiger partial charge in [0.15, 0.2) is 11.7 Å². The third-order valence-corrected chi connectivity index (χ3v) is 4.12. The number of amides is 2. The normalized spacial score (nSPS) is 17.2. The summed E-state index contributed by atoms with van der Waals surface area (Å²) >= 11 is 0. The highest BCUT2D eigenvalue weighted by Gasteiger charge is 2.44. The Hall–Kier alpha value is -2.95. The Kier molecular flexibility index (Phi) is 4.16. The Morgan fingerprint density at radius 3 is 2.46 bits per heavy atom. The predicted molar refractivity (Wildman–Crippen MR) is 91.8 cm³/mol. The van der Waals surface area contributed by atoms with Crippen LogP contribution in [0.2, 0.25) is 0 Å². The molecule has 0 bridgehead atoms. The van der Waals surface area contributed by atoms with Crippen LogP contribution in [0.4, 0.5) is 11.4 Å². The number of anilines is 2. The lowest BCUT2D eigenvalue weighted by Crippen LogP contribution is -2.34. The fourth-order valence-electron chi connectivity index (χ4n) is 2.86. The van der Waals surface area contributed by atoms with E-state index in [4.69, 9.17) is 0 Å². The molecule has 24 heavy (non-hydrogen) atoms. The third kappa shape index (κ3) is 2.93. The number of para-hydroxylation sites is 1. The molecule has 0 radical (unpaired) electrons. The van der Waals surface area contributed by atoms with Crippen LogP contribution in [0.5, 0.6) is 0 Å². The maximum Gasteiger partial charge on any atom is 0.247 e. The van der Waals surface area contributed by atoms with E-state index < -0.39 is 17.7 Å². The van der Waals surface area contributed by atoms with Crippen LogP contribution >= 0.6 is 0 Å². The first kappa shape index (κ1) is 15.9. The van der Waals surface area contributed by atoms with E-state index in [-0.39, 0.29) is 12.3 Å². The fourth-order valence-corrected chi connectivity index (χ4v) is 2.86. The van der Waals surface area contributed by atoms with Crippen LogP contribution in [0.1, 0.15) is 11.1 Å². The summed E-state index contributed by atoms with van der Waals surface area (Å²) < 4.78 is 0. The summed E-state index contributed by atoms with van der Waals surface area (Å²) in [7, 11) is 0. The van der Waals surface area contributed by atoms with Gasteiger partial charge in [-0.15, -0.1) is 0 Å². The van der Waals surface area contributed by atoms with Gasteiger partial charge in [0.05, 0.1) is 6.54 Å². The number of Topliss-reactive ketones (excluding diaryl/α,β-unsaturated/α-hetero) is 1. The summed E-state index contributed by atoms with van der Waals surface area (Å²) in [4.78, 5) is 38.6. The molecule has 1 aliphatic heterocycles. The first-order chi connectivity index (χ1) is 11.5. The van der Waals surface area contributed by atoms with Crippen molar-refractivity contribution in [2.24, 2.45) is 5.92 Å². The van der Waals surface area contributed by atoms with Crippen molar-refractivity contribution in [3.05, 3.63) is 59.7 Å². The Bertz CT molecular complexity index is 815. The standard InChI is InChI=1S/C19H18N2O3/c1-12-8-9-15(13(2)10-12)20-18(23)17-16(22)11-21(19(17)24)14-6-4-3-5-7-14/h3-10,17H,11H2,1-2H3,(H,20,23). The molecule has 0 aliphatic carbocycles. The molecule has 122 valence electrons. The largest absolute Gasteiger partial charge is 0.325 e. The zero-order valence-electron chi connectivity index (χ0n) is 13.6. The van der Waals surface area contributed by atoms with E-state index in [0.29, 0.717) is 11.4 Å². The van der Waals surface area contributed by atoms with Crippen molar-refractivity contribution < 1.29 is 14.4 Å². The second-order valence-corrected chi connectivity index (χ2v) is 5.97. The van der Waals surface area contributed by atoms with Crippen molar-refractivity contribution in [3.63, 3.8) is 0 Å².